The molecule has 33 heavy (non-hydrogen) atoms. The third kappa shape index (κ3) is 5.09. The van der Waals surface area contributed by atoms with Gasteiger partial charge < -0.3 is 10.1 Å². The lowest BCUT2D eigenvalue weighted by molar-refractivity contribution is -0.121. The van der Waals surface area contributed by atoms with Gasteiger partial charge in [0.15, 0.2) is 0 Å². The predicted molar refractivity (Wildman–Crippen MR) is 129 cm³/mol. The number of amides is 1. The number of methoxy groups -OCH3 is 1. The van der Waals surface area contributed by atoms with E-state index in [1.807, 2.05) is 30.5 Å². The largest absolute Gasteiger partial charge is 0.497 e. The maximum Gasteiger partial charge on any atom is 0.293 e. The van der Waals surface area contributed by atoms with Crippen LogP contribution in [0.4, 0.5) is 0 Å². The van der Waals surface area contributed by atoms with Crippen molar-refractivity contribution in [3.63, 3.8) is 0 Å². The topological polar surface area (TPSA) is 90.5 Å². The SMILES string of the molecule is COc1ccc(-c2cc3c(=O)n(CC(=O)NCCc4ccc(SC)cc4)nc(C)n3n2)cc1. The van der Waals surface area contributed by atoms with Gasteiger partial charge in [0.2, 0.25) is 5.91 Å². The fourth-order valence-electron chi connectivity index (χ4n) is 3.52. The first-order valence-corrected chi connectivity index (χ1v) is 11.7. The summed E-state index contributed by atoms with van der Waals surface area (Å²) in [5.74, 6) is 1.00. The number of thioether (sulfide) groups is 1. The zero-order valence-electron chi connectivity index (χ0n) is 18.7. The van der Waals surface area contributed by atoms with Crippen LogP contribution in [0, 0.1) is 6.92 Å². The standard InChI is InChI=1S/C24H25N5O3S/c1-16-26-28(15-23(30)25-13-12-17-4-10-20(33-3)11-5-17)24(31)22-14-21(27-29(16)22)18-6-8-19(32-2)9-7-18/h4-11,14H,12-13,15H2,1-3H3,(H,25,30). The van der Waals surface area contributed by atoms with Crippen LogP contribution in [0.2, 0.25) is 0 Å². The lowest BCUT2D eigenvalue weighted by atomic mass is 10.1. The fourth-order valence-corrected chi connectivity index (χ4v) is 3.92. The summed E-state index contributed by atoms with van der Waals surface area (Å²) in [7, 11) is 1.61. The summed E-state index contributed by atoms with van der Waals surface area (Å²) >= 11 is 1.69. The molecule has 4 aromatic rings. The number of aryl methyl sites for hydroxylation is 1. The molecular weight excluding hydrogens is 438 g/mol. The van der Waals surface area contributed by atoms with Gasteiger partial charge in [0, 0.05) is 17.0 Å². The van der Waals surface area contributed by atoms with Crippen LogP contribution in [0.1, 0.15) is 11.4 Å². The van der Waals surface area contributed by atoms with Crippen molar-refractivity contribution in [3.8, 4) is 17.0 Å². The molecule has 0 aliphatic heterocycles. The second-order valence-electron chi connectivity index (χ2n) is 7.51. The second kappa shape index (κ2) is 9.91. The lowest BCUT2D eigenvalue weighted by Crippen LogP contribution is -2.35. The Hall–Kier alpha value is -3.59. The van der Waals surface area contributed by atoms with Crippen LogP contribution in [0.25, 0.3) is 16.8 Å². The highest BCUT2D eigenvalue weighted by Crippen LogP contribution is 2.22. The highest BCUT2D eigenvalue weighted by atomic mass is 32.2. The van der Waals surface area contributed by atoms with E-state index in [2.05, 4.69) is 39.8 Å². The lowest BCUT2D eigenvalue weighted by Gasteiger charge is -2.08. The zero-order chi connectivity index (χ0) is 23.4. The number of nitrogens with one attached hydrogen (secondary N) is 1. The van der Waals surface area contributed by atoms with Gasteiger partial charge in [0.05, 0.1) is 12.8 Å². The number of aromatic nitrogens is 4. The van der Waals surface area contributed by atoms with Crippen LogP contribution in [-0.2, 0) is 17.8 Å². The van der Waals surface area contributed by atoms with Crippen molar-refractivity contribution in [2.24, 2.45) is 0 Å². The maximum absolute atomic E-state index is 13.0. The van der Waals surface area contributed by atoms with Gasteiger partial charge in [-0.3, -0.25) is 9.59 Å². The quantitative estimate of drug-likeness (QED) is 0.404. The molecule has 170 valence electrons. The predicted octanol–water partition coefficient (Wildman–Crippen LogP) is 2.96. The molecule has 1 amide bonds. The van der Waals surface area contributed by atoms with E-state index in [0.717, 1.165) is 16.9 Å². The first kappa shape index (κ1) is 22.6. The third-order valence-electron chi connectivity index (χ3n) is 5.31. The van der Waals surface area contributed by atoms with E-state index >= 15 is 0 Å². The summed E-state index contributed by atoms with van der Waals surface area (Å²) in [6.45, 7) is 2.09. The highest BCUT2D eigenvalue weighted by molar-refractivity contribution is 7.98. The van der Waals surface area contributed by atoms with Crippen molar-refractivity contribution in [3.05, 3.63) is 76.3 Å². The minimum Gasteiger partial charge on any atom is -0.497 e. The molecule has 1 N–H and O–H groups in total. The number of carbonyl (C=O) groups excluding carboxylic acids is 1. The van der Waals surface area contributed by atoms with Crippen molar-refractivity contribution >= 4 is 23.2 Å². The van der Waals surface area contributed by atoms with Gasteiger partial charge in [0.1, 0.15) is 23.6 Å². The Morgan fingerprint density at radius 3 is 2.48 bits per heavy atom. The molecule has 8 nitrogen and oxygen atoms in total. The molecular formula is C24H25N5O3S. The number of benzene rings is 2. The van der Waals surface area contributed by atoms with Gasteiger partial charge >= 0.3 is 0 Å². The molecule has 0 atom stereocenters. The maximum atomic E-state index is 13.0. The number of hydrogen-bond donors (Lipinski definition) is 1. The molecule has 2 aromatic carbocycles. The number of carbonyl (C=O) groups is 1. The van der Waals surface area contributed by atoms with Gasteiger partial charge in [-0.25, -0.2) is 9.20 Å². The number of ether oxygens (including phenoxy) is 1. The smallest absolute Gasteiger partial charge is 0.293 e. The van der Waals surface area contributed by atoms with Gasteiger partial charge in [-0.1, -0.05) is 12.1 Å². The molecule has 2 aromatic heterocycles. The molecule has 0 bridgehead atoms. The minimum atomic E-state index is -0.365. The number of hydrogen-bond acceptors (Lipinski definition) is 6. The van der Waals surface area contributed by atoms with Crippen molar-refractivity contribution in [2.75, 3.05) is 19.9 Å². The molecule has 2 heterocycles. The summed E-state index contributed by atoms with van der Waals surface area (Å²) in [5.41, 5.74) is 2.65. The average Bonchev–Trinajstić information content (AvgIpc) is 3.29. The molecule has 0 aliphatic rings. The zero-order valence-corrected chi connectivity index (χ0v) is 19.6. The Labute approximate surface area is 195 Å². The molecule has 0 saturated heterocycles. The Bertz CT molecular complexity index is 1330. The Morgan fingerprint density at radius 2 is 1.82 bits per heavy atom. The first-order valence-electron chi connectivity index (χ1n) is 10.5. The summed E-state index contributed by atoms with van der Waals surface area (Å²) < 4.78 is 7.89. The third-order valence-corrected chi connectivity index (χ3v) is 6.05. The monoisotopic (exact) mass is 463 g/mol. The molecule has 0 aliphatic carbocycles. The van der Waals surface area contributed by atoms with E-state index < -0.39 is 0 Å². The van der Waals surface area contributed by atoms with E-state index in [4.69, 9.17) is 4.74 Å². The van der Waals surface area contributed by atoms with Crippen molar-refractivity contribution in [1.29, 1.82) is 0 Å². The van der Waals surface area contributed by atoms with E-state index in [9.17, 15) is 9.59 Å². The van der Waals surface area contributed by atoms with Crippen molar-refractivity contribution < 1.29 is 9.53 Å². The van der Waals surface area contributed by atoms with Gasteiger partial charge in [-0.2, -0.15) is 10.2 Å². The second-order valence-corrected chi connectivity index (χ2v) is 8.39. The van der Waals surface area contributed by atoms with Crippen LogP contribution >= 0.6 is 11.8 Å². The number of nitrogens with zero attached hydrogens (tertiary/aromatic N) is 4. The summed E-state index contributed by atoms with van der Waals surface area (Å²) in [5, 5.41) is 11.7. The summed E-state index contributed by atoms with van der Waals surface area (Å²) in [6, 6.07) is 17.4. The molecule has 0 saturated carbocycles. The van der Waals surface area contributed by atoms with E-state index in [-0.39, 0.29) is 18.0 Å². The van der Waals surface area contributed by atoms with Gasteiger partial charge in [-0.05, 0) is 67.6 Å². The molecule has 4 rings (SSSR count). The van der Waals surface area contributed by atoms with Crippen molar-refractivity contribution in [2.45, 2.75) is 24.8 Å². The van der Waals surface area contributed by atoms with E-state index in [1.165, 1.54) is 14.1 Å². The molecule has 9 heteroatoms. The summed E-state index contributed by atoms with van der Waals surface area (Å²) in [4.78, 5) is 26.6. The minimum absolute atomic E-state index is 0.148. The van der Waals surface area contributed by atoms with Crippen LogP contribution in [0.15, 0.2) is 64.3 Å². The Morgan fingerprint density at radius 1 is 1.09 bits per heavy atom. The van der Waals surface area contributed by atoms with Crippen LogP contribution in [-0.4, -0.2) is 45.2 Å². The average molecular weight is 464 g/mol. The van der Waals surface area contributed by atoms with Gasteiger partial charge in [-0.15, -0.1) is 11.8 Å². The first-order chi connectivity index (χ1) is 16.0. The van der Waals surface area contributed by atoms with E-state index in [1.54, 1.807) is 31.9 Å². The van der Waals surface area contributed by atoms with Crippen LogP contribution in [0.3, 0.4) is 0 Å². The van der Waals surface area contributed by atoms with E-state index in [0.29, 0.717) is 30.0 Å². The highest BCUT2D eigenvalue weighted by Gasteiger charge is 2.15. The number of rotatable bonds is 8. The fraction of sp³-hybridized carbons (Fsp3) is 0.250. The van der Waals surface area contributed by atoms with Crippen LogP contribution < -0.4 is 15.6 Å². The molecule has 0 unspecified atom stereocenters. The Kier molecular flexibility index (Phi) is 6.79. The normalized spacial score (nSPS) is 11.0. The molecule has 0 spiro atoms. The number of fused-ring (bicyclic) bond motifs is 1. The molecule has 0 fully saturated rings. The van der Waals surface area contributed by atoms with Crippen LogP contribution in [0.5, 0.6) is 5.75 Å². The molecule has 0 radical (unpaired) electrons. The van der Waals surface area contributed by atoms with Gasteiger partial charge in [0.25, 0.3) is 5.56 Å². The summed E-state index contributed by atoms with van der Waals surface area (Å²) in [6.07, 6.45) is 2.75. The van der Waals surface area contributed by atoms with Crippen molar-refractivity contribution in [1.82, 2.24) is 24.7 Å². The Balaban J connectivity index is 1.46.